The van der Waals surface area contributed by atoms with Crippen molar-refractivity contribution in [2.24, 2.45) is 11.8 Å². The molecule has 4 heterocycles. The van der Waals surface area contributed by atoms with E-state index in [1.165, 1.54) is 0 Å². The summed E-state index contributed by atoms with van der Waals surface area (Å²) < 4.78 is 12.4. The van der Waals surface area contributed by atoms with E-state index in [9.17, 15) is 24.3 Å². The molecule has 3 amide bonds. The number of aliphatic hydroxyl groups is 1. The van der Waals surface area contributed by atoms with E-state index >= 15 is 0 Å². The minimum atomic E-state index is -1.38. The van der Waals surface area contributed by atoms with Crippen LogP contribution in [0, 0.1) is 25.7 Å². The van der Waals surface area contributed by atoms with Crippen molar-refractivity contribution in [3.05, 3.63) is 89.5 Å². The monoisotopic (exact) mass is 655 g/mol. The highest BCUT2D eigenvalue weighted by Gasteiger charge is 2.71. The van der Waals surface area contributed by atoms with E-state index in [4.69, 9.17) is 9.47 Å². The standard InChI is InChI=1S/C38H45N3O7/c1-25-17-18-26(2)29(23-25)40-21-12-19-38-33(36(45)41(34(38)37(40)46)20-10-3-4-11-22-42)32-30(48-38)15-8-9-16-31(43)47-24-28(39-35(32)44)27-13-6-5-7-14-27/h5-8,12-15,17-19,23,28,30,32-34,42H,3-4,9-11,16,20-22,24H2,1-2H3,(H,39,44)/b15-8-/t28-,30+,32-,33-,34+,38-/m1/s1. The van der Waals surface area contributed by atoms with Gasteiger partial charge in [-0.2, -0.15) is 0 Å². The molecule has 4 aliphatic rings. The van der Waals surface area contributed by atoms with E-state index in [0.717, 1.165) is 35.2 Å². The van der Waals surface area contributed by atoms with Crippen LogP contribution in [-0.4, -0.2) is 77.7 Å². The second kappa shape index (κ2) is 14.5. The number of cyclic esters (lactones) is 1. The molecule has 2 fully saturated rings. The molecular weight excluding hydrogens is 610 g/mol. The van der Waals surface area contributed by atoms with Gasteiger partial charge in [0.2, 0.25) is 11.8 Å². The maximum absolute atomic E-state index is 14.8. The first-order valence-electron chi connectivity index (χ1n) is 17.1. The third-order valence-corrected chi connectivity index (χ3v) is 10.0. The summed E-state index contributed by atoms with van der Waals surface area (Å²) in [5.41, 5.74) is 2.12. The highest BCUT2D eigenvalue weighted by Crippen LogP contribution is 2.53. The Balaban J connectivity index is 1.41. The summed E-state index contributed by atoms with van der Waals surface area (Å²) in [7, 11) is 0. The van der Waals surface area contributed by atoms with Gasteiger partial charge in [0.15, 0.2) is 0 Å². The van der Waals surface area contributed by atoms with Crippen LogP contribution in [-0.2, 0) is 28.7 Å². The zero-order chi connectivity index (χ0) is 33.8. The van der Waals surface area contributed by atoms with Gasteiger partial charge in [0.05, 0.1) is 24.0 Å². The van der Waals surface area contributed by atoms with Crippen LogP contribution in [0.3, 0.4) is 0 Å². The van der Waals surface area contributed by atoms with Crippen LogP contribution in [0.15, 0.2) is 72.8 Å². The minimum absolute atomic E-state index is 0.0495. The van der Waals surface area contributed by atoms with Gasteiger partial charge in [0.1, 0.15) is 18.2 Å². The van der Waals surface area contributed by atoms with Crippen LogP contribution < -0.4 is 10.2 Å². The summed E-state index contributed by atoms with van der Waals surface area (Å²) in [6, 6.07) is 13.7. The molecule has 2 N–H and O–H groups in total. The summed E-state index contributed by atoms with van der Waals surface area (Å²) in [5.74, 6) is -3.18. The number of rotatable bonds is 8. The first-order chi connectivity index (χ1) is 23.2. The van der Waals surface area contributed by atoms with Crippen molar-refractivity contribution < 1.29 is 33.8 Å². The molecule has 10 nitrogen and oxygen atoms in total. The Hall–Kier alpha value is -4.28. The van der Waals surface area contributed by atoms with Gasteiger partial charge in [-0.25, -0.2) is 0 Å². The molecule has 2 aromatic carbocycles. The van der Waals surface area contributed by atoms with Crippen molar-refractivity contribution in [2.75, 3.05) is 31.2 Å². The van der Waals surface area contributed by atoms with E-state index in [2.05, 4.69) is 5.32 Å². The molecule has 4 aliphatic heterocycles. The molecule has 0 aromatic heterocycles. The van der Waals surface area contributed by atoms with Gasteiger partial charge in [-0.1, -0.05) is 79.6 Å². The normalized spacial score (nSPS) is 29.6. The largest absolute Gasteiger partial charge is 0.463 e. The van der Waals surface area contributed by atoms with Gasteiger partial charge < -0.3 is 29.7 Å². The maximum atomic E-state index is 14.8. The number of nitrogens with zero attached hydrogens (tertiary/aromatic N) is 2. The molecule has 10 heteroatoms. The Kier molecular flexibility index (Phi) is 10.1. The van der Waals surface area contributed by atoms with Crippen molar-refractivity contribution >= 4 is 29.4 Å². The third-order valence-electron chi connectivity index (χ3n) is 10.0. The number of benzene rings is 2. The van der Waals surface area contributed by atoms with Crippen molar-refractivity contribution in [1.29, 1.82) is 0 Å². The number of aliphatic hydroxyl groups excluding tert-OH is 1. The Labute approximate surface area is 281 Å². The van der Waals surface area contributed by atoms with Gasteiger partial charge in [-0.3, -0.25) is 19.2 Å². The highest BCUT2D eigenvalue weighted by molar-refractivity contribution is 6.06. The fourth-order valence-corrected chi connectivity index (χ4v) is 7.65. The number of hydrogen-bond donors (Lipinski definition) is 2. The number of hydrogen-bond acceptors (Lipinski definition) is 7. The average Bonchev–Trinajstić information content (AvgIpc) is 3.46. The number of esters is 1. The molecule has 0 radical (unpaired) electrons. The molecule has 48 heavy (non-hydrogen) atoms. The number of nitrogens with one attached hydrogen (secondary N) is 1. The van der Waals surface area contributed by atoms with Gasteiger partial charge in [-0.05, 0) is 55.9 Å². The second-order valence-corrected chi connectivity index (χ2v) is 13.3. The molecule has 6 rings (SSSR count). The summed E-state index contributed by atoms with van der Waals surface area (Å²) >= 11 is 0. The summed E-state index contributed by atoms with van der Waals surface area (Å²) in [6.07, 6.45) is 9.94. The molecule has 254 valence electrons. The first-order valence-corrected chi connectivity index (χ1v) is 17.1. The molecule has 1 spiro atoms. The number of carbonyl (C=O) groups excluding carboxylic acids is 4. The first kappa shape index (κ1) is 33.6. The SMILES string of the molecule is Cc1ccc(C)c(N2CC=C[C@@]34O[C@H]5/C=C\CCC(=O)OC[C@H](c6ccccc6)NC(=O)[C@H]5[C@@H]3C(=O)N(CCCCCCO)[C@H]4C2=O)c1. The number of anilines is 1. The predicted octanol–water partition coefficient (Wildman–Crippen LogP) is 4.09. The number of likely N-dealkylation sites (tertiary alicyclic amines) is 1. The van der Waals surface area contributed by atoms with Gasteiger partial charge in [0, 0.05) is 31.8 Å². The fraction of sp³-hybridized carbons (Fsp3) is 0.474. The number of carbonyl (C=O) groups is 4. The third kappa shape index (κ3) is 6.43. The summed E-state index contributed by atoms with van der Waals surface area (Å²) in [4.78, 5) is 59.8. The topological polar surface area (TPSA) is 125 Å². The van der Waals surface area contributed by atoms with E-state index in [1.54, 1.807) is 22.0 Å². The Morgan fingerprint density at radius 1 is 0.958 bits per heavy atom. The van der Waals surface area contributed by atoms with Gasteiger partial charge >= 0.3 is 5.97 Å². The average molecular weight is 656 g/mol. The zero-order valence-electron chi connectivity index (χ0n) is 27.7. The van der Waals surface area contributed by atoms with Crippen LogP contribution in [0.2, 0.25) is 0 Å². The van der Waals surface area contributed by atoms with Crippen molar-refractivity contribution in [3.63, 3.8) is 0 Å². The van der Waals surface area contributed by atoms with Crippen molar-refractivity contribution in [1.82, 2.24) is 10.2 Å². The molecule has 6 atom stereocenters. The van der Waals surface area contributed by atoms with Crippen molar-refractivity contribution in [3.8, 4) is 0 Å². The molecule has 2 aromatic rings. The minimum Gasteiger partial charge on any atom is -0.463 e. The lowest BCUT2D eigenvalue weighted by molar-refractivity contribution is -0.146. The van der Waals surface area contributed by atoms with Crippen LogP contribution in [0.25, 0.3) is 0 Å². The number of ether oxygens (including phenoxy) is 2. The number of fused-ring (bicyclic) bond motifs is 2. The lowest BCUT2D eigenvalue weighted by atomic mass is 9.77. The van der Waals surface area contributed by atoms with Crippen LogP contribution in [0.1, 0.15) is 61.3 Å². The predicted molar refractivity (Wildman–Crippen MR) is 180 cm³/mol. The van der Waals surface area contributed by atoms with Crippen molar-refractivity contribution in [2.45, 2.75) is 76.2 Å². The molecular formula is C38H45N3O7. The number of allylic oxidation sites excluding steroid dienone is 1. The summed E-state index contributed by atoms with van der Waals surface area (Å²) in [5, 5.41) is 12.4. The quantitative estimate of drug-likeness (QED) is 0.249. The lowest BCUT2D eigenvalue weighted by Crippen LogP contribution is -2.55. The Morgan fingerprint density at radius 3 is 2.54 bits per heavy atom. The van der Waals surface area contributed by atoms with E-state index in [1.807, 2.05) is 74.5 Å². The molecule has 2 saturated heterocycles. The second-order valence-electron chi connectivity index (χ2n) is 13.3. The van der Waals surface area contributed by atoms with Crippen LogP contribution in [0.5, 0.6) is 0 Å². The number of unbranched alkanes of at least 4 members (excludes halogenated alkanes) is 3. The van der Waals surface area contributed by atoms with Crippen LogP contribution >= 0.6 is 0 Å². The van der Waals surface area contributed by atoms with E-state index in [0.29, 0.717) is 32.4 Å². The molecule has 0 aliphatic carbocycles. The van der Waals surface area contributed by atoms with Gasteiger partial charge in [0.25, 0.3) is 5.91 Å². The highest BCUT2D eigenvalue weighted by atomic mass is 16.5. The summed E-state index contributed by atoms with van der Waals surface area (Å²) in [6.45, 7) is 4.62. The number of aryl methyl sites for hydroxylation is 2. The Morgan fingerprint density at radius 2 is 1.75 bits per heavy atom. The maximum Gasteiger partial charge on any atom is 0.306 e. The lowest BCUT2D eigenvalue weighted by Gasteiger charge is -2.36. The van der Waals surface area contributed by atoms with Gasteiger partial charge in [-0.15, -0.1) is 0 Å². The zero-order valence-corrected chi connectivity index (χ0v) is 27.7. The molecule has 0 unspecified atom stereocenters. The smallest absolute Gasteiger partial charge is 0.306 e. The molecule has 0 saturated carbocycles. The molecule has 0 bridgehead atoms. The van der Waals surface area contributed by atoms with E-state index < -0.39 is 41.5 Å². The van der Waals surface area contributed by atoms with E-state index in [-0.39, 0.29) is 37.4 Å². The number of amides is 3. The fourth-order valence-electron chi connectivity index (χ4n) is 7.65. The Bertz CT molecular complexity index is 1590. The van der Waals surface area contributed by atoms with Crippen LogP contribution in [0.4, 0.5) is 5.69 Å².